The maximum atomic E-state index is 12.1. The first-order valence-corrected chi connectivity index (χ1v) is 10.1. The van der Waals surface area contributed by atoms with Crippen molar-refractivity contribution in [3.63, 3.8) is 0 Å². The fourth-order valence-corrected chi connectivity index (χ4v) is 3.55. The second-order valence-electron chi connectivity index (χ2n) is 6.50. The largest absolute Gasteiger partial charge is 0.284 e. The first-order valence-electron chi connectivity index (χ1n) is 8.25. The SMILES string of the molecule is CC(=O)N1N=C(c2cccc(NS(C)(=O)=O)c2)C[C@H]1c1ccc(C)cc1. The van der Waals surface area contributed by atoms with Crippen LogP contribution in [0.15, 0.2) is 53.6 Å². The molecule has 1 atom stereocenters. The molecule has 1 heterocycles. The van der Waals surface area contributed by atoms with E-state index in [1.54, 1.807) is 18.2 Å². The van der Waals surface area contributed by atoms with Crippen LogP contribution in [-0.4, -0.2) is 31.3 Å². The van der Waals surface area contributed by atoms with Crippen LogP contribution < -0.4 is 4.72 Å². The third-order valence-corrected chi connectivity index (χ3v) is 4.80. The molecule has 1 amide bonds. The Hall–Kier alpha value is -2.67. The summed E-state index contributed by atoms with van der Waals surface area (Å²) in [6.45, 7) is 3.51. The Kier molecular flexibility index (Phi) is 4.82. The van der Waals surface area contributed by atoms with Gasteiger partial charge >= 0.3 is 0 Å². The van der Waals surface area contributed by atoms with Gasteiger partial charge in [0.2, 0.25) is 15.9 Å². The zero-order valence-electron chi connectivity index (χ0n) is 14.9. The van der Waals surface area contributed by atoms with Gasteiger partial charge in [-0.2, -0.15) is 5.10 Å². The lowest BCUT2D eigenvalue weighted by atomic mass is 9.97. The van der Waals surface area contributed by atoms with Gasteiger partial charge in [-0.1, -0.05) is 42.0 Å². The van der Waals surface area contributed by atoms with Gasteiger partial charge in [-0.05, 0) is 30.2 Å². The van der Waals surface area contributed by atoms with Crippen LogP contribution in [0.2, 0.25) is 0 Å². The smallest absolute Gasteiger partial charge is 0.240 e. The summed E-state index contributed by atoms with van der Waals surface area (Å²) in [4.78, 5) is 12.1. The van der Waals surface area contributed by atoms with Crippen molar-refractivity contribution in [2.75, 3.05) is 11.0 Å². The zero-order valence-corrected chi connectivity index (χ0v) is 15.7. The number of anilines is 1. The summed E-state index contributed by atoms with van der Waals surface area (Å²) in [5, 5.41) is 6.00. The zero-order chi connectivity index (χ0) is 18.9. The van der Waals surface area contributed by atoms with Gasteiger partial charge < -0.3 is 0 Å². The quantitative estimate of drug-likeness (QED) is 0.897. The summed E-state index contributed by atoms with van der Waals surface area (Å²) in [6, 6.07) is 14.9. The van der Waals surface area contributed by atoms with Crippen LogP contribution in [0.3, 0.4) is 0 Å². The summed E-state index contributed by atoms with van der Waals surface area (Å²) >= 11 is 0. The molecule has 7 heteroatoms. The van der Waals surface area contributed by atoms with Crippen LogP contribution in [0.1, 0.15) is 36.1 Å². The number of hydrogen-bond acceptors (Lipinski definition) is 4. The molecule has 0 saturated carbocycles. The van der Waals surface area contributed by atoms with Gasteiger partial charge in [0.15, 0.2) is 0 Å². The highest BCUT2D eigenvalue weighted by molar-refractivity contribution is 7.92. The second-order valence-corrected chi connectivity index (χ2v) is 8.24. The molecule has 2 aromatic carbocycles. The molecule has 6 nitrogen and oxygen atoms in total. The van der Waals surface area contributed by atoms with Gasteiger partial charge in [-0.25, -0.2) is 13.4 Å². The van der Waals surface area contributed by atoms with Crippen LogP contribution >= 0.6 is 0 Å². The molecule has 1 aliphatic heterocycles. The number of rotatable bonds is 4. The van der Waals surface area contributed by atoms with E-state index in [4.69, 9.17) is 0 Å². The lowest BCUT2D eigenvalue weighted by molar-refractivity contribution is -0.130. The predicted octanol–water partition coefficient (Wildman–Crippen LogP) is 3.06. The van der Waals surface area contributed by atoms with Crippen LogP contribution in [0.25, 0.3) is 0 Å². The van der Waals surface area contributed by atoms with Crippen molar-refractivity contribution >= 4 is 27.3 Å². The molecular formula is C19H21N3O3S. The summed E-state index contributed by atoms with van der Waals surface area (Å²) < 4.78 is 25.4. The second kappa shape index (κ2) is 6.92. The predicted molar refractivity (Wildman–Crippen MR) is 103 cm³/mol. The highest BCUT2D eigenvalue weighted by atomic mass is 32.2. The van der Waals surface area contributed by atoms with Gasteiger partial charge in [0, 0.05) is 19.0 Å². The monoisotopic (exact) mass is 371 g/mol. The van der Waals surface area contributed by atoms with E-state index in [0.29, 0.717) is 12.1 Å². The van der Waals surface area contributed by atoms with E-state index in [1.165, 1.54) is 11.9 Å². The highest BCUT2D eigenvalue weighted by Gasteiger charge is 2.31. The fourth-order valence-electron chi connectivity index (χ4n) is 3.00. The molecule has 0 bridgehead atoms. The fraction of sp³-hybridized carbons (Fsp3) is 0.263. The molecule has 1 aliphatic rings. The van der Waals surface area contributed by atoms with Crippen molar-refractivity contribution in [1.82, 2.24) is 5.01 Å². The van der Waals surface area contributed by atoms with Crippen molar-refractivity contribution in [2.24, 2.45) is 5.10 Å². The maximum Gasteiger partial charge on any atom is 0.240 e. The average molecular weight is 371 g/mol. The molecule has 0 saturated heterocycles. The Bertz CT molecular complexity index is 966. The van der Waals surface area contributed by atoms with E-state index in [-0.39, 0.29) is 11.9 Å². The average Bonchev–Trinajstić information content (AvgIpc) is 3.00. The Balaban J connectivity index is 1.91. The number of nitrogens with one attached hydrogen (secondary N) is 1. The summed E-state index contributed by atoms with van der Waals surface area (Å²) in [5.74, 6) is -0.129. The number of carbonyl (C=O) groups is 1. The molecule has 26 heavy (non-hydrogen) atoms. The molecule has 1 N–H and O–H groups in total. The minimum Gasteiger partial charge on any atom is -0.284 e. The number of hydrogen-bond donors (Lipinski definition) is 1. The molecule has 136 valence electrons. The van der Waals surface area contributed by atoms with E-state index in [1.807, 2.05) is 37.3 Å². The van der Waals surface area contributed by atoms with Crippen LogP contribution in [0.4, 0.5) is 5.69 Å². The normalized spacial score (nSPS) is 17.1. The number of nitrogens with zero attached hydrogens (tertiary/aromatic N) is 2. The number of amides is 1. The van der Waals surface area contributed by atoms with Gasteiger partial charge in [0.1, 0.15) is 0 Å². The van der Waals surface area contributed by atoms with E-state index < -0.39 is 10.0 Å². The van der Waals surface area contributed by atoms with Crippen molar-refractivity contribution in [2.45, 2.75) is 26.3 Å². The molecule has 0 aliphatic carbocycles. The minimum absolute atomic E-state index is 0.129. The first-order chi connectivity index (χ1) is 12.2. The number of benzene rings is 2. The number of carbonyl (C=O) groups excluding carboxylic acids is 1. The van der Waals surface area contributed by atoms with E-state index in [0.717, 1.165) is 28.7 Å². The minimum atomic E-state index is -3.35. The molecule has 0 fully saturated rings. The van der Waals surface area contributed by atoms with Crippen molar-refractivity contribution in [3.05, 3.63) is 65.2 Å². The van der Waals surface area contributed by atoms with Gasteiger partial charge in [-0.15, -0.1) is 0 Å². The Morgan fingerprint density at radius 1 is 1.19 bits per heavy atom. The molecule has 2 aromatic rings. The van der Waals surface area contributed by atoms with E-state index in [2.05, 4.69) is 9.82 Å². The van der Waals surface area contributed by atoms with E-state index in [9.17, 15) is 13.2 Å². The molecule has 0 spiro atoms. The van der Waals surface area contributed by atoms with E-state index >= 15 is 0 Å². The molecule has 0 unspecified atom stereocenters. The van der Waals surface area contributed by atoms with Gasteiger partial charge in [0.25, 0.3) is 0 Å². The van der Waals surface area contributed by atoms with Crippen LogP contribution in [0.5, 0.6) is 0 Å². The lowest BCUT2D eigenvalue weighted by Crippen LogP contribution is -2.24. The Labute approximate surface area is 153 Å². The highest BCUT2D eigenvalue weighted by Crippen LogP contribution is 2.33. The number of sulfonamides is 1. The Morgan fingerprint density at radius 3 is 2.50 bits per heavy atom. The standard InChI is InChI=1S/C19H21N3O3S/c1-13-7-9-15(10-8-13)19-12-18(20-22(19)14(2)23)16-5-4-6-17(11-16)21-26(3,24)25/h4-11,19,21H,12H2,1-3H3/t19-/m0/s1. The summed E-state index contributed by atoms with van der Waals surface area (Å²) in [6.07, 6.45) is 1.68. The number of hydrazone groups is 1. The third kappa shape index (κ3) is 4.11. The molecule has 0 radical (unpaired) electrons. The topological polar surface area (TPSA) is 78.8 Å². The summed E-state index contributed by atoms with van der Waals surface area (Å²) in [5.41, 5.74) is 4.19. The van der Waals surface area contributed by atoms with Crippen molar-refractivity contribution in [3.8, 4) is 0 Å². The van der Waals surface area contributed by atoms with Gasteiger partial charge in [-0.3, -0.25) is 9.52 Å². The first kappa shape index (κ1) is 18.1. The molecule has 0 aromatic heterocycles. The molecule has 3 rings (SSSR count). The summed E-state index contributed by atoms with van der Waals surface area (Å²) in [7, 11) is -3.35. The Morgan fingerprint density at radius 2 is 1.88 bits per heavy atom. The van der Waals surface area contributed by atoms with Crippen molar-refractivity contribution in [1.29, 1.82) is 0 Å². The third-order valence-electron chi connectivity index (χ3n) is 4.19. The van der Waals surface area contributed by atoms with Crippen LogP contribution in [0, 0.1) is 6.92 Å². The molecular weight excluding hydrogens is 350 g/mol. The van der Waals surface area contributed by atoms with Crippen molar-refractivity contribution < 1.29 is 13.2 Å². The lowest BCUT2D eigenvalue weighted by Gasteiger charge is -2.20. The number of aryl methyl sites for hydroxylation is 1. The van der Waals surface area contributed by atoms with Gasteiger partial charge in [0.05, 0.1) is 18.0 Å². The maximum absolute atomic E-state index is 12.1. The van der Waals surface area contributed by atoms with Crippen LogP contribution in [-0.2, 0) is 14.8 Å².